The van der Waals surface area contributed by atoms with E-state index in [1.54, 1.807) is 0 Å². The summed E-state index contributed by atoms with van der Waals surface area (Å²) in [6, 6.07) is 6.09. The van der Waals surface area contributed by atoms with Gasteiger partial charge in [-0.25, -0.2) is 0 Å². The van der Waals surface area contributed by atoms with Gasteiger partial charge < -0.3 is 5.11 Å². The average molecular weight is 210 g/mol. The summed E-state index contributed by atoms with van der Waals surface area (Å²) in [5.41, 5.74) is 2.25. The maximum absolute atomic E-state index is 9.06. The van der Waals surface area contributed by atoms with Crippen molar-refractivity contribution in [3.63, 3.8) is 0 Å². The standard InChI is InChI=1S/C12H14ClO/c1-8(7-14)10-3-2-4-11(12(10)13)9-5-6-9/h2-4,9,14H,5-7H2,1H3. The number of hydrogen-bond acceptors (Lipinski definition) is 1. The van der Waals surface area contributed by atoms with E-state index in [9.17, 15) is 0 Å². The molecular weight excluding hydrogens is 196 g/mol. The third kappa shape index (κ3) is 1.79. The fourth-order valence-electron chi connectivity index (χ4n) is 1.67. The van der Waals surface area contributed by atoms with Gasteiger partial charge in [0.1, 0.15) is 0 Å². The Labute approximate surface area is 89.7 Å². The van der Waals surface area contributed by atoms with Gasteiger partial charge in [-0.05, 0) is 29.9 Å². The molecule has 0 aliphatic heterocycles. The SMILES string of the molecule is C[C](CO)c1cccc(C2CC2)c1Cl. The zero-order valence-electron chi connectivity index (χ0n) is 8.26. The van der Waals surface area contributed by atoms with Crippen LogP contribution >= 0.6 is 11.6 Å². The Balaban J connectivity index is 2.35. The van der Waals surface area contributed by atoms with E-state index >= 15 is 0 Å². The van der Waals surface area contributed by atoms with E-state index in [-0.39, 0.29) is 6.61 Å². The molecule has 0 bridgehead atoms. The molecule has 0 unspecified atom stereocenters. The highest BCUT2D eigenvalue weighted by Crippen LogP contribution is 2.44. The largest absolute Gasteiger partial charge is 0.395 e. The second-order valence-electron chi connectivity index (χ2n) is 3.92. The van der Waals surface area contributed by atoms with Gasteiger partial charge in [-0.1, -0.05) is 36.7 Å². The first kappa shape index (κ1) is 10.0. The Hall–Kier alpha value is -0.530. The molecule has 0 amide bonds. The van der Waals surface area contributed by atoms with Gasteiger partial charge in [0.2, 0.25) is 0 Å². The summed E-state index contributed by atoms with van der Waals surface area (Å²) < 4.78 is 0. The summed E-state index contributed by atoms with van der Waals surface area (Å²) in [4.78, 5) is 0. The fourth-order valence-corrected chi connectivity index (χ4v) is 2.12. The summed E-state index contributed by atoms with van der Waals surface area (Å²) in [6.07, 6.45) is 2.50. The van der Waals surface area contributed by atoms with E-state index in [1.165, 1.54) is 18.4 Å². The molecule has 1 fully saturated rings. The van der Waals surface area contributed by atoms with Crippen LogP contribution in [-0.2, 0) is 0 Å². The maximum atomic E-state index is 9.06. The molecule has 0 atom stereocenters. The lowest BCUT2D eigenvalue weighted by Gasteiger charge is -2.12. The highest BCUT2D eigenvalue weighted by Gasteiger charge is 2.27. The predicted molar refractivity (Wildman–Crippen MR) is 58.5 cm³/mol. The Morgan fingerprint density at radius 1 is 1.50 bits per heavy atom. The van der Waals surface area contributed by atoms with Crippen molar-refractivity contribution in [2.24, 2.45) is 0 Å². The van der Waals surface area contributed by atoms with Crippen LogP contribution in [0.5, 0.6) is 0 Å². The molecule has 0 aromatic heterocycles. The molecule has 0 heterocycles. The highest BCUT2D eigenvalue weighted by molar-refractivity contribution is 6.32. The van der Waals surface area contributed by atoms with Crippen molar-refractivity contribution >= 4 is 11.6 Å². The molecule has 1 aromatic rings. The first-order valence-corrected chi connectivity index (χ1v) is 5.34. The summed E-state index contributed by atoms with van der Waals surface area (Å²) in [6.45, 7) is 1.99. The first-order chi connectivity index (χ1) is 6.74. The molecular formula is C12H14ClO. The number of hydrogen-bond donors (Lipinski definition) is 1. The van der Waals surface area contributed by atoms with E-state index in [0.29, 0.717) is 5.92 Å². The molecule has 0 saturated heterocycles. The Morgan fingerprint density at radius 3 is 2.79 bits per heavy atom. The average Bonchev–Trinajstić information content (AvgIpc) is 3.01. The molecule has 75 valence electrons. The lowest BCUT2D eigenvalue weighted by atomic mass is 9.98. The third-order valence-corrected chi connectivity index (χ3v) is 3.16. The van der Waals surface area contributed by atoms with Crippen LogP contribution in [0.4, 0.5) is 0 Å². The van der Waals surface area contributed by atoms with E-state index < -0.39 is 0 Å². The number of aliphatic hydroxyl groups excluding tert-OH is 1. The Bertz CT molecular complexity index is 331. The zero-order valence-corrected chi connectivity index (χ0v) is 9.01. The zero-order chi connectivity index (χ0) is 10.1. The molecule has 1 saturated carbocycles. The van der Waals surface area contributed by atoms with Crippen LogP contribution in [0.3, 0.4) is 0 Å². The summed E-state index contributed by atoms with van der Waals surface area (Å²) in [5, 5.41) is 9.90. The summed E-state index contributed by atoms with van der Waals surface area (Å²) in [5.74, 6) is 1.60. The van der Waals surface area contributed by atoms with Crippen LogP contribution in [0.1, 0.15) is 36.8 Å². The molecule has 2 heteroatoms. The van der Waals surface area contributed by atoms with Gasteiger partial charge in [0.05, 0.1) is 6.61 Å². The van der Waals surface area contributed by atoms with Crippen LogP contribution in [0.15, 0.2) is 18.2 Å². The van der Waals surface area contributed by atoms with E-state index in [0.717, 1.165) is 16.5 Å². The third-order valence-electron chi connectivity index (χ3n) is 2.74. The minimum absolute atomic E-state index is 0.0772. The molecule has 0 spiro atoms. The molecule has 14 heavy (non-hydrogen) atoms. The lowest BCUT2D eigenvalue weighted by molar-refractivity contribution is 0.315. The van der Waals surface area contributed by atoms with Gasteiger partial charge in [0.15, 0.2) is 0 Å². The smallest absolute Gasteiger partial charge is 0.0535 e. The van der Waals surface area contributed by atoms with Gasteiger partial charge in [0.25, 0.3) is 0 Å². The topological polar surface area (TPSA) is 20.2 Å². The minimum Gasteiger partial charge on any atom is -0.395 e. The maximum Gasteiger partial charge on any atom is 0.0535 e. The molecule has 2 rings (SSSR count). The monoisotopic (exact) mass is 209 g/mol. The van der Waals surface area contributed by atoms with E-state index in [4.69, 9.17) is 16.7 Å². The van der Waals surface area contributed by atoms with Crippen molar-refractivity contribution in [1.29, 1.82) is 0 Å². The van der Waals surface area contributed by atoms with Crippen molar-refractivity contribution in [3.05, 3.63) is 40.3 Å². The van der Waals surface area contributed by atoms with Crippen molar-refractivity contribution in [3.8, 4) is 0 Å². The van der Waals surface area contributed by atoms with Crippen LogP contribution in [0.25, 0.3) is 0 Å². The van der Waals surface area contributed by atoms with Gasteiger partial charge in [0, 0.05) is 10.9 Å². The molecule has 1 radical (unpaired) electrons. The van der Waals surface area contributed by atoms with Crippen LogP contribution < -0.4 is 0 Å². The molecule has 1 nitrogen and oxygen atoms in total. The fraction of sp³-hybridized carbons (Fsp3) is 0.417. The van der Waals surface area contributed by atoms with E-state index in [2.05, 4.69) is 6.07 Å². The van der Waals surface area contributed by atoms with E-state index in [1.807, 2.05) is 19.1 Å². The van der Waals surface area contributed by atoms with Gasteiger partial charge >= 0.3 is 0 Å². The first-order valence-electron chi connectivity index (χ1n) is 4.96. The van der Waals surface area contributed by atoms with Crippen molar-refractivity contribution in [1.82, 2.24) is 0 Å². The van der Waals surface area contributed by atoms with Crippen LogP contribution in [0, 0.1) is 5.92 Å². The number of aliphatic hydroxyl groups is 1. The second-order valence-corrected chi connectivity index (χ2v) is 4.30. The van der Waals surface area contributed by atoms with Gasteiger partial charge in [-0.3, -0.25) is 0 Å². The number of halogens is 1. The minimum atomic E-state index is 0.0772. The van der Waals surface area contributed by atoms with Crippen molar-refractivity contribution in [2.75, 3.05) is 6.61 Å². The number of rotatable bonds is 3. The molecule has 1 N–H and O–H groups in total. The summed E-state index contributed by atoms with van der Waals surface area (Å²) >= 11 is 6.29. The van der Waals surface area contributed by atoms with Crippen LogP contribution in [-0.4, -0.2) is 11.7 Å². The van der Waals surface area contributed by atoms with Gasteiger partial charge in [-0.15, -0.1) is 0 Å². The normalized spacial score (nSPS) is 16.3. The summed E-state index contributed by atoms with van der Waals surface area (Å²) in [7, 11) is 0. The number of benzene rings is 1. The van der Waals surface area contributed by atoms with Crippen molar-refractivity contribution < 1.29 is 5.11 Å². The lowest BCUT2D eigenvalue weighted by Crippen LogP contribution is -2.02. The Kier molecular flexibility index (Phi) is 2.80. The molecule has 1 aliphatic rings. The molecule has 1 aliphatic carbocycles. The highest BCUT2D eigenvalue weighted by atomic mass is 35.5. The molecule has 1 aromatic carbocycles. The predicted octanol–water partition coefficient (Wildman–Crippen LogP) is 3.15. The Morgan fingerprint density at radius 2 is 2.21 bits per heavy atom. The quantitative estimate of drug-likeness (QED) is 0.811. The second kappa shape index (κ2) is 3.92. The van der Waals surface area contributed by atoms with Crippen LogP contribution in [0.2, 0.25) is 5.02 Å². The van der Waals surface area contributed by atoms with Gasteiger partial charge in [-0.2, -0.15) is 0 Å². The van der Waals surface area contributed by atoms with Crippen molar-refractivity contribution in [2.45, 2.75) is 25.7 Å².